The molecule has 1 aliphatic heterocycles. The van der Waals surface area contributed by atoms with Crippen LogP contribution in [0.4, 0.5) is 5.69 Å². The summed E-state index contributed by atoms with van der Waals surface area (Å²) in [6.07, 6.45) is 0. The number of nitrogens with zero attached hydrogens (tertiary/aromatic N) is 3. The Labute approximate surface area is 193 Å². The number of ketones is 1. The number of aromatic hydroxyl groups is 1. The lowest BCUT2D eigenvalue weighted by Gasteiger charge is -2.35. The molecular weight excluding hydrogens is 440 g/mol. The summed E-state index contributed by atoms with van der Waals surface area (Å²) in [5, 5.41) is 15.3. The van der Waals surface area contributed by atoms with Gasteiger partial charge >= 0.3 is 0 Å². The molecule has 1 aliphatic rings. The Morgan fingerprint density at radius 3 is 2.24 bits per heavy atom. The molecule has 0 aliphatic carbocycles. The van der Waals surface area contributed by atoms with Crippen molar-refractivity contribution in [3.8, 4) is 11.4 Å². The third-order valence-corrected chi connectivity index (χ3v) is 7.05. The number of benzene rings is 2. The highest BCUT2D eigenvalue weighted by Gasteiger charge is 2.23. The molecule has 33 heavy (non-hydrogen) atoms. The molecule has 0 unspecified atom stereocenters. The molecule has 2 heterocycles. The number of carbonyl (C=O) groups excluding carboxylic acids is 1. The fraction of sp³-hybridized carbons (Fsp3) is 0.292. The first-order valence-corrected chi connectivity index (χ1v) is 12.3. The first-order valence-electron chi connectivity index (χ1n) is 10.8. The van der Waals surface area contributed by atoms with E-state index in [1.54, 1.807) is 24.3 Å². The van der Waals surface area contributed by atoms with Crippen molar-refractivity contribution in [1.29, 1.82) is 0 Å². The molecule has 0 amide bonds. The van der Waals surface area contributed by atoms with E-state index in [9.17, 15) is 18.3 Å². The monoisotopic (exact) mass is 468 g/mol. The Balaban J connectivity index is 1.45. The maximum absolute atomic E-state index is 13.1. The van der Waals surface area contributed by atoms with Gasteiger partial charge in [-0.15, -0.1) is 0 Å². The van der Waals surface area contributed by atoms with Crippen LogP contribution in [0.15, 0.2) is 59.5 Å². The number of phenolic OH excluding ortho intramolecular Hbond substituents is 1. The molecule has 0 radical (unpaired) electrons. The summed E-state index contributed by atoms with van der Waals surface area (Å²) in [4.78, 5) is 17.4. The number of primary sulfonamides is 1. The molecule has 0 spiro atoms. The number of anilines is 1. The van der Waals surface area contributed by atoms with Crippen molar-refractivity contribution < 1.29 is 18.3 Å². The number of Topliss-reactive ketones (excluding diaryl/α,β-unsaturated/α-hetero) is 1. The average Bonchev–Trinajstić information content (AvgIpc) is 3.08. The van der Waals surface area contributed by atoms with Crippen molar-refractivity contribution in [1.82, 2.24) is 9.47 Å². The normalized spacial score (nSPS) is 15.1. The Hall–Kier alpha value is -3.14. The maximum Gasteiger partial charge on any atom is 0.238 e. The molecule has 9 heteroatoms. The van der Waals surface area contributed by atoms with Gasteiger partial charge in [-0.25, -0.2) is 13.6 Å². The Kier molecular flexibility index (Phi) is 6.29. The smallest absolute Gasteiger partial charge is 0.238 e. The Bertz CT molecular complexity index is 1270. The number of aryl methyl sites for hydroxylation is 1. The summed E-state index contributed by atoms with van der Waals surface area (Å²) < 4.78 is 25.0. The van der Waals surface area contributed by atoms with Gasteiger partial charge in [-0.1, -0.05) is 12.1 Å². The van der Waals surface area contributed by atoms with E-state index in [0.29, 0.717) is 12.1 Å². The zero-order valence-corrected chi connectivity index (χ0v) is 19.5. The topological polar surface area (TPSA) is 109 Å². The number of phenols is 1. The van der Waals surface area contributed by atoms with Crippen LogP contribution < -0.4 is 10.0 Å². The molecule has 8 nitrogen and oxygen atoms in total. The molecule has 4 rings (SSSR count). The minimum atomic E-state index is -3.76. The highest BCUT2D eigenvalue weighted by Crippen LogP contribution is 2.27. The number of nitrogens with two attached hydrogens (primary N) is 1. The lowest BCUT2D eigenvalue weighted by molar-refractivity contribution is 0.0925. The van der Waals surface area contributed by atoms with Gasteiger partial charge in [0.15, 0.2) is 5.78 Å². The van der Waals surface area contributed by atoms with Crippen LogP contribution in [0.25, 0.3) is 5.69 Å². The molecule has 174 valence electrons. The number of hydrogen-bond acceptors (Lipinski definition) is 6. The summed E-state index contributed by atoms with van der Waals surface area (Å²) in [7, 11) is -3.76. The number of rotatable bonds is 6. The standard InChI is InChI=1S/C24H28N4O4S/c1-17-15-21(18(2)28(17)19-7-9-20(10-8-19)33(25,31)32)24(30)16-26-11-13-27(14-12-26)22-5-3-4-6-23(22)29/h3-10,15,29H,11-14,16H2,1-2H3,(H2,25,31,32). The van der Waals surface area contributed by atoms with Crippen LogP contribution in [0.2, 0.25) is 0 Å². The molecule has 0 saturated carbocycles. The van der Waals surface area contributed by atoms with Gasteiger partial charge < -0.3 is 14.6 Å². The lowest BCUT2D eigenvalue weighted by atomic mass is 10.1. The predicted molar refractivity (Wildman–Crippen MR) is 128 cm³/mol. The van der Waals surface area contributed by atoms with E-state index in [4.69, 9.17) is 5.14 Å². The van der Waals surface area contributed by atoms with E-state index >= 15 is 0 Å². The minimum absolute atomic E-state index is 0.0477. The van der Waals surface area contributed by atoms with Gasteiger partial charge in [0.25, 0.3) is 0 Å². The molecule has 3 N–H and O–H groups in total. The summed E-state index contributed by atoms with van der Waals surface area (Å²) >= 11 is 0. The predicted octanol–water partition coefficient (Wildman–Crippen LogP) is 2.45. The zero-order chi connectivity index (χ0) is 23.8. The SMILES string of the molecule is Cc1cc(C(=O)CN2CCN(c3ccccc3O)CC2)c(C)n1-c1ccc(S(N)(=O)=O)cc1. The average molecular weight is 469 g/mol. The summed E-state index contributed by atoms with van der Waals surface area (Å²) in [5.41, 5.74) is 3.96. The lowest BCUT2D eigenvalue weighted by Crippen LogP contribution is -2.48. The van der Waals surface area contributed by atoms with E-state index in [1.807, 2.05) is 36.6 Å². The number of carbonyl (C=O) groups is 1. The van der Waals surface area contributed by atoms with E-state index in [0.717, 1.165) is 48.9 Å². The van der Waals surface area contributed by atoms with Crippen LogP contribution >= 0.6 is 0 Å². The highest BCUT2D eigenvalue weighted by molar-refractivity contribution is 7.89. The van der Waals surface area contributed by atoms with Gasteiger partial charge in [0.1, 0.15) is 5.75 Å². The first-order chi connectivity index (χ1) is 15.6. The third-order valence-electron chi connectivity index (χ3n) is 6.12. The maximum atomic E-state index is 13.1. The van der Waals surface area contributed by atoms with Gasteiger partial charge in [-0.05, 0) is 56.3 Å². The minimum Gasteiger partial charge on any atom is -0.506 e. The molecule has 0 bridgehead atoms. The van der Waals surface area contributed by atoms with Gasteiger partial charge in [-0.3, -0.25) is 9.69 Å². The van der Waals surface area contributed by atoms with E-state index in [-0.39, 0.29) is 16.4 Å². The Morgan fingerprint density at radius 1 is 1.00 bits per heavy atom. The zero-order valence-electron chi connectivity index (χ0n) is 18.7. The fourth-order valence-electron chi connectivity index (χ4n) is 4.39. The van der Waals surface area contributed by atoms with Crippen LogP contribution in [0.3, 0.4) is 0 Å². The first kappa shape index (κ1) is 23.0. The van der Waals surface area contributed by atoms with Gasteiger partial charge in [0.05, 0.1) is 17.1 Å². The second kappa shape index (κ2) is 9.01. The van der Waals surface area contributed by atoms with Crippen LogP contribution in [-0.2, 0) is 10.0 Å². The van der Waals surface area contributed by atoms with Crippen LogP contribution in [-0.4, -0.2) is 61.5 Å². The molecule has 1 fully saturated rings. The molecule has 3 aromatic rings. The van der Waals surface area contributed by atoms with Crippen LogP contribution in [0.1, 0.15) is 21.7 Å². The van der Waals surface area contributed by atoms with Gasteiger partial charge in [0, 0.05) is 48.8 Å². The summed E-state index contributed by atoms with van der Waals surface area (Å²) in [6.45, 7) is 7.07. The molecule has 2 aromatic carbocycles. The van der Waals surface area contributed by atoms with Crippen molar-refractivity contribution >= 4 is 21.5 Å². The quantitative estimate of drug-likeness (QED) is 0.538. The number of piperazine rings is 1. The van der Waals surface area contributed by atoms with Crippen molar-refractivity contribution in [3.63, 3.8) is 0 Å². The number of aromatic nitrogens is 1. The molecule has 0 atom stereocenters. The molecule has 1 saturated heterocycles. The summed E-state index contributed by atoms with van der Waals surface area (Å²) in [6, 6.07) is 15.5. The second-order valence-electron chi connectivity index (χ2n) is 8.33. The van der Waals surface area contributed by atoms with Gasteiger partial charge in [-0.2, -0.15) is 0 Å². The number of hydrogen-bond donors (Lipinski definition) is 2. The third kappa shape index (κ3) is 4.80. The molecule has 1 aromatic heterocycles. The van der Waals surface area contributed by atoms with Crippen molar-refractivity contribution in [2.75, 3.05) is 37.6 Å². The van der Waals surface area contributed by atoms with Crippen molar-refractivity contribution in [2.45, 2.75) is 18.7 Å². The van der Waals surface area contributed by atoms with Crippen LogP contribution in [0, 0.1) is 13.8 Å². The van der Waals surface area contributed by atoms with Gasteiger partial charge in [0.2, 0.25) is 10.0 Å². The van der Waals surface area contributed by atoms with E-state index in [2.05, 4.69) is 9.80 Å². The van der Waals surface area contributed by atoms with Crippen molar-refractivity contribution in [2.24, 2.45) is 5.14 Å². The second-order valence-corrected chi connectivity index (χ2v) is 9.90. The largest absolute Gasteiger partial charge is 0.506 e. The van der Waals surface area contributed by atoms with E-state index < -0.39 is 10.0 Å². The van der Waals surface area contributed by atoms with Crippen molar-refractivity contribution in [3.05, 3.63) is 71.5 Å². The summed E-state index contributed by atoms with van der Waals surface area (Å²) in [5.74, 6) is 0.318. The van der Waals surface area contributed by atoms with E-state index in [1.165, 1.54) is 12.1 Å². The van der Waals surface area contributed by atoms with Crippen LogP contribution in [0.5, 0.6) is 5.75 Å². The molecular formula is C24H28N4O4S. The number of para-hydroxylation sites is 2. The number of sulfonamides is 1. The highest BCUT2D eigenvalue weighted by atomic mass is 32.2. The Morgan fingerprint density at radius 2 is 1.64 bits per heavy atom. The fourth-order valence-corrected chi connectivity index (χ4v) is 4.91.